The zero-order chi connectivity index (χ0) is 28.6. The van der Waals surface area contributed by atoms with Gasteiger partial charge in [-0.05, 0) is 23.8 Å². The lowest BCUT2D eigenvalue weighted by Gasteiger charge is -2.36. The van der Waals surface area contributed by atoms with Gasteiger partial charge in [0, 0.05) is 58.0 Å². The SMILES string of the molecule is CNc1nccnc1C(=CN)Oc1cnc2nc(Nc3cc(CN4CC(O)C4)cc(C(F)(F)F)c3)n(C)c2c1Cl. The number of aliphatic hydroxyl groups excluding tert-OH is 1. The Morgan fingerprint density at radius 3 is 2.65 bits per heavy atom. The van der Waals surface area contributed by atoms with Crippen molar-refractivity contribution >= 4 is 46.0 Å². The van der Waals surface area contributed by atoms with Gasteiger partial charge in [0.15, 0.2) is 23.0 Å². The van der Waals surface area contributed by atoms with Crippen LogP contribution in [0.5, 0.6) is 5.75 Å². The summed E-state index contributed by atoms with van der Waals surface area (Å²) < 4.78 is 48.5. The average molecular weight is 576 g/mol. The molecule has 0 radical (unpaired) electrons. The van der Waals surface area contributed by atoms with Gasteiger partial charge in [0.05, 0.1) is 17.9 Å². The quantitative estimate of drug-likeness (QED) is 0.230. The summed E-state index contributed by atoms with van der Waals surface area (Å²) in [5.74, 6) is 0.979. The Balaban J connectivity index is 1.46. The number of imidazole rings is 1. The number of nitrogens with one attached hydrogen (secondary N) is 2. The van der Waals surface area contributed by atoms with Gasteiger partial charge >= 0.3 is 6.18 Å². The summed E-state index contributed by atoms with van der Waals surface area (Å²) in [6.45, 7) is 1.09. The van der Waals surface area contributed by atoms with Crippen molar-refractivity contribution in [2.24, 2.45) is 12.8 Å². The summed E-state index contributed by atoms with van der Waals surface area (Å²) in [6, 6.07) is 3.73. The van der Waals surface area contributed by atoms with Gasteiger partial charge in [0.2, 0.25) is 5.95 Å². The molecule has 1 fully saturated rings. The van der Waals surface area contributed by atoms with E-state index in [0.29, 0.717) is 35.7 Å². The lowest BCUT2D eigenvalue weighted by molar-refractivity contribution is -0.137. The molecule has 0 atom stereocenters. The number of aryl methyl sites for hydroxylation is 1. The summed E-state index contributed by atoms with van der Waals surface area (Å²) in [5.41, 5.74) is 6.61. The molecule has 0 amide bonds. The molecular weight excluding hydrogens is 551 g/mol. The highest BCUT2D eigenvalue weighted by Crippen LogP contribution is 2.37. The van der Waals surface area contributed by atoms with Crippen LogP contribution in [-0.4, -0.2) is 60.8 Å². The molecule has 1 aromatic carbocycles. The van der Waals surface area contributed by atoms with E-state index in [1.54, 1.807) is 24.7 Å². The number of benzene rings is 1. The molecule has 0 spiro atoms. The van der Waals surface area contributed by atoms with Crippen molar-refractivity contribution in [3.8, 4) is 5.75 Å². The first-order valence-corrected chi connectivity index (χ1v) is 12.4. The maximum atomic E-state index is 13.7. The summed E-state index contributed by atoms with van der Waals surface area (Å²) in [7, 11) is 3.32. The lowest BCUT2D eigenvalue weighted by atomic mass is 10.1. The molecule has 3 aromatic heterocycles. The van der Waals surface area contributed by atoms with Crippen LogP contribution in [0.2, 0.25) is 5.02 Å². The predicted octanol–water partition coefficient (Wildman–Crippen LogP) is 3.73. The highest BCUT2D eigenvalue weighted by molar-refractivity contribution is 6.36. The topological polar surface area (TPSA) is 139 Å². The Hall–Kier alpha value is -4.14. The van der Waals surface area contributed by atoms with E-state index in [4.69, 9.17) is 22.1 Å². The Morgan fingerprint density at radius 2 is 1.98 bits per heavy atom. The number of nitrogens with two attached hydrogens (primary N) is 1. The molecule has 1 aliphatic rings. The Morgan fingerprint density at radius 1 is 1.23 bits per heavy atom. The van der Waals surface area contributed by atoms with Gasteiger partial charge in [0.1, 0.15) is 16.2 Å². The third kappa shape index (κ3) is 5.46. The minimum absolute atomic E-state index is 0.156. The number of aliphatic hydroxyl groups is 1. The van der Waals surface area contributed by atoms with Crippen LogP contribution in [-0.2, 0) is 19.8 Å². The van der Waals surface area contributed by atoms with E-state index in [1.807, 2.05) is 4.90 Å². The Bertz CT molecular complexity index is 1590. The number of pyridine rings is 1. The average Bonchev–Trinajstić information content (AvgIpc) is 3.22. The molecule has 0 aliphatic carbocycles. The normalized spacial score (nSPS) is 14.8. The number of rotatable bonds is 8. The highest BCUT2D eigenvalue weighted by Gasteiger charge is 2.32. The number of alkyl halides is 3. The third-order valence-corrected chi connectivity index (χ3v) is 6.63. The van der Waals surface area contributed by atoms with Gasteiger partial charge in [-0.1, -0.05) is 11.6 Å². The molecule has 0 bridgehead atoms. The Kier molecular flexibility index (Phi) is 7.40. The van der Waals surface area contributed by atoms with Crippen molar-refractivity contribution in [1.82, 2.24) is 29.4 Å². The van der Waals surface area contributed by atoms with Crippen LogP contribution in [0.1, 0.15) is 16.8 Å². The Labute approximate surface area is 231 Å². The zero-order valence-electron chi connectivity index (χ0n) is 21.4. The second kappa shape index (κ2) is 10.8. The summed E-state index contributed by atoms with van der Waals surface area (Å²) in [5, 5.41) is 15.5. The molecule has 15 heteroatoms. The molecule has 5 N–H and O–H groups in total. The van der Waals surface area contributed by atoms with Crippen LogP contribution in [0.15, 0.2) is 43.0 Å². The number of likely N-dealkylation sites (tertiary alicyclic amines) is 1. The second-order valence-electron chi connectivity index (χ2n) is 9.13. The van der Waals surface area contributed by atoms with Crippen LogP contribution in [0.3, 0.4) is 0 Å². The van der Waals surface area contributed by atoms with E-state index in [9.17, 15) is 18.3 Å². The minimum Gasteiger partial charge on any atom is -0.450 e. The number of aromatic nitrogens is 5. The standard InChI is InChI=1S/C25H25ClF3N9O2/c1-31-22-20(32-3-4-33-22)17(8-30)40-18-9-34-23-21(19(18)26)37(2)24(36-23)35-15-6-13(10-38-11-16(39)12-38)5-14(7-15)25(27,28)29/h3-9,16,39H,10-12,30H2,1-2H3,(H,31,33)(H,34,35,36). The zero-order valence-corrected chi connectivity index (χ0v) is 22.1. The van der Waals surface area contributed by atoms with Crippen LogP contribution >= 0.6 is 11.6 Å². The highest BCUT2D eigenvalue weighted by atomic mass is 35.5. The smallest absolute Gasteiger partial charge is 0.416 e. The maximum Gasteiger partial charge on any atom is 0.416 e. The molecule has 210 valence electrons. The van der Waals surface area contributed by atoms with Crippen LogP contribution in [0.25, 0.3) is 16.9 Å². The van der Waals surface area contributed by atoms with E-state index in [0.717, 1.165) is 12.1 Å². The van der Waals surface area contributed by atoms with Gasteiger partial charge in [0.25, 0.3) is 0 Å². The van der Waals surface area contributed by atoms with E-state index < -0.39 is 17.8 Å². The number of nitrogens with zero attached hydrogens (tertiary/aromatic N) is 6. The number of β-amino-alcohol motifs (C(OH)–C–C–N with tert-alkyl or cyclic N) is 1. The molecule has 11 nitrogen and oxygen atoms in total. The van der Waals surface area contributed by atoms with E-state index in [2.05, 4.69) is 30.6 Å². The number of anilines is 3. The number of halogens is 4. The van der Waals surface area contributed by atoms with Gasteiger partial charge in [-0.2, -0.15) is 18.2 Å². The van der Waals surface area contributed by atoms with Crippen LogP contribution in [0, 0.1) is 0 Å². The molecule has 0 unspecified atom stereocenters. The van der Waals surface area contributed by atoms with Gasteiger partial charge in [-0.3, -0.25) is 4.90 Å². The molecule has 0 saturated carbocycles. The van der Waals surface area contributed by atoms with E-state index in [-0.39, 0.29) is 40.4 Å². The van der Waals surface area contributed by atoms with Crippen LogP contribution in [0.4, 0.5) is 30.6 Å². The van der Waals surface area contributed by atoms with E-state index >= 15 is 0 Å². The fourth-order valence-corrected chi connectivity index (χ4v) is 4.65. The molecule has 40 heavy (non-hydrogen) atoms. The first-order chi connectivity index (χ1) is 19.1. The van der Waals surface area contributed by atoms with Gasteiger partial charge < -0.3 is 30.8 Å². The second-order valence-corrected chi connectivity index (χ2v) is 9.51. The fourth-order valence-electron chi connectivity index (χ4n) is 4.35. The molecule has 4 heterocycles. The lowest BCUT2D eigenvalue weighted by Crippen LogP contribution is -2.49. The number of hydrogen-bond acceptors (Lipinski definition) is 10. The molecule has 4 aromatic rings. The van der Waals surface area contributed by atoms with Crippen molar-refractivity contribution in [2.45, 2.75) is 18.8 Å². The minimum atomic E-state index is -4.55. The first kappa shape index (κ1) is 27.4. The molecule has 1 aliphatic heterocycles. The number of fused-ring (bicyclic) bond motifs is 1. The van der Waals surface area contributed by atoms with Gasteiger partial charge in [-0.25, -0.2) is 15.0 Å². The third-order valence-electron chi connectivity index (χ3n) is 6.27. The number of hydrogen-bond donors (Lipinski definition) is 4. The summed E-state index contributed by atoms with van der Waals surface area (Å²) in [4.78, 5) is 19.0. The largest absolute Gasteiger partial charge is 0.450 e. The summed E-state index contributed by atoms with van der Waals surface area (Å²) >= 11 is 6.68. The molecule has 5 rings (SSSR count). The van der Waals surface area contributed by atoms with Crippen molar-refractivity contribution in [1.29, 1.82) is 0 Å². The van der Waals surface area contributed by atoms with Crippen molar-refractivity contribution in [3.63, 3.8) is 0 Å². The first-order valence-electron chi connectivity index (χ1n) is 12.1. The predicted molar refractivity (Wildman–Crippen MR) is 144 cm³/mol. The number of ether oxygens (including phenoxy) is 1. The monoisotopic (exact) mass is 575 g/mol. The maximum absolute atomic E-state index is 13.7. The van der Waals surface area contributed by atoms with Crippen LogP contribution < -0.4 is 21.1 Å². The molecular formula is C25H25ClF3N9O2. The van der Waals surface area contributed by atoms with Crippen molar-refractivity contribution in [2.75, 3.05) is 30.8 Å². The van der Waals surface area contributed by atoms with E-state index in [1.165, 1.54) is 24.8 Å². The van der Waals surface area contributed by atoms with Crippen molar-refractivity contribution in [3.05, 3.63) is 64.8 Å². The van der Waals surface area contributed by atoms with Gasteiger partial charge in [-0.15, -0.1) is 0 Å². The fraction of sp³-hybridized carbons (Fsp3) is 0.280. The van der Waals surface area contributed by atoms with Crippen molar-refractivity contribution < 1.29 is 23.0 Å². The summed E-state index contributed by atoms with van der Waals surface area (Å²) in [6.07, 6.45) is 0.568. The molecule has 1 saturated heterocycles.